The zero-order chi connectivity index (χ0) is 18.7. The van der Waals surface area contributed by atoms with Crippen LogP contribution in [0.3, 0.4) is 0 Å². The highest BCUT2D eigenvalue weighted by Gasteiger charge is 2.27. The number of rotatable bonds is 4. The summed E-state index contributed by atoms with van der Waals surface area (Å²) in [5.41, 5.74) is 1.18. The average molecular weight is 373 g/mol. The Morgan fingerprint density at radius 1 is 1.35 bits per heavy atom. The summed E-state index contributed by atoms with van der Waals surface area (Å²) in [4.78, 5) is 29.1. The molecule has 0 bridgehead atoms. The Bertz CT molecular complexity index is 901. The van der Waals surface area contributed by atoms with Crippen LogP contribution >= 0.6 is 11.8 Å². The maximum Gasteiger partial charge on any atom is 0.273 e. The van der Waals surface area contributed by atoms with Gasteiger partial charge in [0.2, 0.25) is 0 Å². The van der Waals surface area contributed by atoms with Crippen LogP contribution in [0.15, 0.2) is 47.5 Å². The summed E-state index contributed by atoms with van der Waals surface area (Å²) in [5.74, 6) is -0.292. The van der Waals surface area contributed by atoms with Crippen LogP contribution in [-0.4, -0.2) is 34.0 Å². The van der Waals surface area contributed by atoms with Gasteiger partial charge in [-0.15, -0.1) is 0 Å². The number of aryl methyl sites for hydroxylation is 1. The third-order valence-electron chi connectivity index (χ3n) is 4.01. The van der Waals surface area contributed by atoms with Crippen molar-refractivity contribution in [2.24, 2.45) is 4.99 Å². The highest BCUT2D eigenvalue weighted by molar-refractivity contribution is 8.13. The van der Waals surface area contributed by atoms with Crippen molar-refractivity contribution in [3.8, 4) is 0 Å². The molecule has 8 heteroatoms. The van der Waals surface area contributed by atoms with E-state index in [-0.39, 0.29) is 23.0 Å². The molecule has 0 radical (unpaired) electrons. The second-order valence-electron chi connectivity index (χ2n) is 5.76. The van der Waals surface area contributed by atoms with E-state index in [1.54, 1.807) is 37.3 Å². The number of aliphatic imine (C=N–C) groups is 1. The topological polar surface area (TPSA) is 75.8 Å². The van der Waals surface area contributed by atoms with Crippen LogP contribution < -0.4 is 0 Å². The molecule has 1 aliphatic heterocycles. The number of nitrogens with zero attached hydrogens (tertiary/aromatic N) is 3. The molecule has 26 heavy (non-hydrogen) atoms. The smallest absolute Gasteiger partial charge is 0.273 e. The summed E-state index contributed by atoms with van der Waals surface area (Å²) in [6, 6.07) is 10.9. The van der Waals surface area contributed by atoms with E-state index in [1.807, 2.05) is 0 Å². The summed E-state index contributed by atoms with van der Waals surface area (Å²) in [7, 11) is 0. The minimum Gasteiger partial charge on any atom is -0.286 e. The molecule has 0 aromatic heterocycles. The van der Waals surface area contributed by atoms with Crippen LogP contribution in [0, 0.1) is 22.9 Å². The van der Waals surface area contributed by atoms with Crippen LogP contribution in [0.2, 0.25) is 0 Å². The first kappa shape index (κ1) is 18.1. The molecule has 0 N–H and O–H groups in total. The molecule has 0 unspecified atom stereocenters. The number of amides is 1. The van der Waals surface area contributed by atoms with Gasteiger partial charge in [0.25, 0.3) is 11.6 Å². The summed E-state index contributed by atoms with van der Waals surface area (Å²) in [6.45, 7) is 2.48. The van der Waals surface area contributed by atoms with Gasteiger partial charge in [0.15, 0.2) is 5.17 Å². The molecule has 1 amide bonds. The first-order valence-electron chi connectivity index (χ1n) is 7.95. The standard InChI is InChI=1S/C18H16FN3O3S/c1-12-6-7-13(10-16(12)22(24)25)17(23)21-9-8-20-18(21)26-11-14-4-2-3-5-15(14)19/h2-7,10H,8-9,11H2,1H3. The zero-order valence-electron chi connectivity index (χ0n) is 14.0. The highest BCUT2D eigenvalue weighted by Crippen LogP contribution is 2.25. The molecule has 2 aromatic rings. The summed E-state index contributed by atoms with van der Waals surface area (Å²) < 4.78 is 13.7. The lowest BCUT2D eigenvalue weighted by molar-refractivity contribution is -0.385. The van der Waals surface area contributed by atoms with E-state index in [4.69, 9.17) is 0 Å². The number of thioether (sulfide) groups is 1. The van der Waals surface area contributed by atoms with Gasteiger partial charge in [0.1, 0.15) is 5.82 Å². The number of hydrogen-bond donors (Lipinski definition) is 0. The fraction of sp³-hybridized carbons (Fsp3) is 0.222. The molecule has 0 fully saturated rings. The van der Waals surface area contributed by atoms with Crippen LogP contribution in [0.5, 0.6) is 0 Å². The Hall–Kier alpha value is -2.74. The number of benzene rings is 2. The molecule has 0 spiro atoms. The van der Waals surface area contributed by atoms with Gasteiger partial charge < -0.3 is 0 Å². The predicted molar refractivity (Wildman–Crippen MR) is 98.9 cm³/mol. The Kier molecular flexibility index (Phi) is 5.32. The van der Waals surface area contributed by atoms with E-state index < -0.39 is 4.92 Å². The fourth-order valence-electron chi connectivity index (χ4n) is 2.59. The van der Waals surface area contributed by atoms with Crippen LogP contribution in [0.25, 0.3) is 0 Å². The minimum absolute atomic E-state index is 0.0902. The number of amidine groups is 1. The van der Waals surface area contributed by atoms with E-state index in [0.29, 0.717) is 35.1 Å². The molecule has 0 atom stereocenters. The predicted octanol–water partition coefficient (Wildman–Crippen LogP) is 3.79. The summed E-state index contributed by atoms with van der Waals surface area (Å²) in [5, 5.41) is 11.6. The molecular weight excluding hydrogens is 357 g/mol. The third kappa shape index (κ3) is 3.75. The maximum atomic E-state index is 13.7. The van der Waals surface area contributed by atoms with E-state index in [2.05, 4.69) is 4.99 Å². The minimum atomic E-state index is -0.502. The third-order valence-corrected chi connectivity index (χ3v) is 5.08. The Morgan fingerprint density at radius 2 is 2.12 bits per heavy atom. The van der Waals surface area contributed by atoms with E-state index in [9.17, 15) is 19.3 Å². The lowest BCUT2D eigenvalue weighted by Gasteiger charge is -2.18. The quantitative estimate of drug-likeness (QED) is 0.604. The van der Waals surface area contributed by atoms with Gasteiger partial charge in [0, 0.05) is 29.5 Å². The molecule has 0 aliphatic carbocycles. The lowest BCUT2D eigenvalue weighted by Crippen LogP contribution is -2.32. The Labute approximate surface area is 153 Å². The number of nitro benzene ring substituents is 1. The number of nitro groups is 1. The molecule has 3 rings (SSSR count). The van der Waals surface area contributed by atoms with Crippen molar-refractivity contribution in [3.63, 3.8) is 0 Å². The van der Waals surface area contributed by atoms with Crippen molar-refractivity contribution in [1.29, 1.82) is 0 Å². The summed E-state index contributed by atoms with van der Waals surface area (Å²) in [6.07, 6.45) is 0. The van der Waals surface area contributed by atoms with E-state index in [0.717, 1.165) is 0 Å². The van der Waals surface area contributed by atoms with Crippen molar-refractivity contribution in [2.75, 3.05) is 13.1 Å². The molecule has 6 nitrogen and oxygen atoms in total. The monoisotopic (exact) mass is 373 g/mol. The van der Waals surface area contributed by atoms with Crippen molar-refractivity contribution < 1.29 is 14.1 Å². The molecular formula is C18H16FN3O3S. The van der Waals surface area contributed by atoms with Gasteiger partial charge in [-0.25, -0.2) is 4.39 Å². The van der Waals surface area contributed by atoms with Crippen molar-refractivity contribution >= 4 is 28.5 Å². The van der Waals surface area contributed by atoms with Crippen LogP contribution in [0.4, 0.5) is 10.1 Å². The molecule has 1 aliphatic rings. The van der Waals surface area contributed by atoms with Gasteiger partial charge in [-0.1, -0.05) is 36.0 Å². The molecule has 1 heterocycles. The van der Waals surface area contributed by atoms with E-state index in [1.165, 1.54) is 28.8 Å². The first-order chi connectivity index (χ1) is 12.5. The molecule has 0 saturated carbocycles. The summed E-state index contributed by atoms with van der Waals surface area (Å²) >= 11 is 1.28. The van der Waals surface area contributed by atoms with Crippen molar-refractivity contribution in [3.05, 3.63) is 75.1 Å². The van der Waals surface area contributed by atoms with Crippen LogP contribution in [0.1, 0.15) is 21.5 Å². The van der Waals surface area contributed by atoms with E-state index >= 15 is 0 Å². The van der Waals surface area contributed by atoms with Gasteiger partial charge in [-0.2, -0.15) is 0 Å². The largest absolute Gasteiger partial charge is 0.286 e. The number of hydrogen-bond acceptors (Lipinski definition) is 5. The second kappa shape index (κ2) is 7.65. The molecule has 2 aromatic carbocycles. The average Bonchev–Trinajstić information content (AvgIpc) is 3.09. The van der Waals surface area contributed by atoms with Gasteiger partial charge in [-0.05, 0) is 24.6 Å². The SMILES string of the molecule is Cc1ccc(C(=O)N2CCN=C2SCc2ccccc2F)cc1[N+](=O)[O-]. The first-order valence-corrected chi connectivity index (χ1v) is 8.93. The Balaban J connectivity index is 1.75. The van der Waals surface area contributed by atoms with Gasteiger partial charge >= 0.3 is 0 Å². The van der Waals surface area contributed by atoms with Gasteiger partial charge in [0.05, 0.1) is 11.5 Å². The van der Waals surface area contributed by atoms with Crippen LogP contribution in [-0.2, 0) is 5.75 Å². The second-order valence-corrected chi connectivity index (χ2v) is 6.70. The normalized spacial score (nSPS) is 13.6. The fourth-order valence-corrected chi connectivity index (χ4v) is 3.62. The Morgan fingerprint density at radius 3 is 2.85 bits per heavy atom. The van der Waals surface area contributed by atoms with Crippen molar-refractivity contribution in [2.45, 2.75) is 12.7 Å². The maximum absolute atomic E-state index is 13.7. The molecule has 134 valence electrons. The number of carbonyl (C=O) groups is 1. The lowest BCUT2D eigenvalue weighted by atomic mass is 10.1. The zero-order valence-corrected chi connectivity index (χ0v) is 14.8. The number of carbonyl (C=O) groups excluding carboxylic acids is 1. The van der Waals surface area contributed by atoms with Gasteiger partial charge in [-0.3, -0.25) is 24.8 Å². The highest BCUT2D eigenvalue weighted by atomic mass is 32.2. The number of halogens is 1. The molecule has 0 saturated heterocycles. The van der Waals surface area contributed by atoms with Crippen molar-refractivity contribution in [1.82, 2.24) is 4.90 Å².